The lowest BCUT2D eigenvalue weighted by Crippen LogP contribution is -2.12. The van der Waals surface area contributed by atoms with Crippen LogP contribution in [-0.4, -0.2) is 4.57 Å². The average molecular weight is 689 g/mol. The van der Waals surface area contributed by atoms with Crippen LogP contribution in [0.15, 0.2) is 218 Å². The van der Waals surface area contributed by atoms with E-state index < -0.39 is 0 Å². The van der Waals surface area contributed by atoms with Crippen molar-refractivity contribution >= 4 is 49.6 Å². The summed E-state index contributed by atoms with van der Waals surface area (Å²) >= 11 is 0. The number of rotatable bonds is 7. The predicted molar refractivity (Wildman–Crippen MR) is 229 cm³/mol. The minimum absolute atomic E-state index is 1.09. The van der Waals surface area contributed by atoms with Crippen LogP contribution in [0, 0.1) is 0 Å². The fraction of sp³-hybridized carbons (Fsp3) is 0. The Labute approximate surface area is 315 Å². The van der Waals surface area contributed by atoms with Gasteiger partial charge in [0.2, 0.25) is 0 Å². The second-order valence-corrected chi connectivity index (χ2v) is 13.7. The number of hydrogen-bond acceptors (Lipinski definition) is 1. The molecule has 10 aromatic rings. The summed E-state index contributed by atoms with van der Waals surface area (Å²) < 4.78 is 2.44. The van der Waals surface area contributed by atoms with Crippen molar-refractivity contribution in [2.45, 2.75) is 0 Å². The summed E-state index contributed by atoms with van der Waals surface area (Å²) in [6.45, 7) is 0. The molecule has 9 aromatic carbocycles. The number of hydrogen-bond donors (Lipinski definition) is 0. The SMILES string of the molecule is c1ccc(-c2ccc(-n3c4ccccc4c4ccc(N(c5ccccc5-c5ccccc5)c5cccc6ccccc56)cc43)cc2-c2ccccc2)cc1. The van der Waals surface area contributed by atoms with Gasteiger partial charge in [0, 0.05) is 33.1 Å². The second kappa shape index (κ2) is 13.4. The van der Waals surface area contributed by atoms with Gasteiger partial charge in [-0.1, -0.05) is 176 Å². The molecule has 0 N–H and O–H groups in total. The van der Waals surface area contributed by atoms with E-state index in [4.69, 9.17) is 0 Å². The quantitative estimate of drug-likeness (QED) is 0.162. The van der Waals surface area contributed by atoms with Gasteiger partial charge in [-0.2, -0.15) is 0 Å². The van der Waals surface area contributed by atoms with Crippen LogP contribution in [-0.2, 0) is 0 Å². The molecule has 0 radical (unpaired) electrons. The molecule has 254 valence electrons. The van der Waals surface area contributed by atoms with Gasteiger partial charge in [-0.05, 0) is 75.7 Å². The van der Waals surface area contributed by atoms with E-state index in [0.717, 1.165) is 28.3 Å². The first kappa shape index (κ1) is 31.6. The molecule has 54 heavy (non-hydrogen) atoms. The lowest BCUT2D eigenvalue weighted by Gasteiger charge is -2.29. The minimum Gasteiger partial charge on any atom is -0.309 e. The summed E-state index contributed by atoms with van der Waals surface area (Å²) in [7, 11) is 0. The first-order valence-corrected chi connectivity index (χ1v) is 18.5. The number of nitrogens with zero attached hydrogens (tertiary/aromatic N) is 2. The van der Waals surface area contributed by atoms with Gasteiger partial charge in [0.1, 0.15) is 0 Å². The van der Waals surface area contributed by atoms with Crippen molar-refractivity contribution in [1.82, 2.24) is 4.57 Å². The zero-order valence-electron chi connectivity index (χ0n) is 29.7. The monoisotopic (exact) mass is 688 g/mol. The molecule has 0 atom stereocenters. The van der Waals surface area contributed by atoms with E-state index in [1.165, 1.54) is 60.4 Å². The molecule has 1 aromatic heterocycles. The van der Waals surface area contributed by atoms with Crippen molar-refractivity contribution < 1.29 is 0 Å². The van der Waals surface area contributed by atoms with Crippen molar-refractivity contribution in [3.63, 3.8) is 0 Å². The Morgan fingerprint density at radius 3 is 1.63 bits per heavy atom. The second-order valence-electron chi connectivity index (χ2n) is 13.7. The van der Waals surface area contributed by atoms with Crippen molar-refractivity contribution in [2.24, 2.45) is 0 Å². The summed E-state index contributed by atoms with van der Waals surface area (Å²) in [4.78, 5) is 2.44. The van der Waals surface area contributed by atoms with Gasteiger partial charge in [0.15, 0.2) is 0 Å². The largest absolute Gasteiger partial charge is 0.309 e. The highest BCUT2D eigenvalue weighted by molar-refractivity contribution is 6.11. The summed E-state index contributed by atoms with van der Waals surface area (Å²) in [5.74, 6) is 0. The van der Waals surface area contributed by atoms with Crippen LogP contribution in [0.2, 0.25) is 0 Å². The Morgan fingerprint density at radius 2 is 0.870 bits per heavy atom. The molecule has 0 saturated carbocycles. The molecule has 0 saturated heterocycles. The molecule has 0 aliphatic rings. The molecule has 2 heteroatoms. The highest BCUT2D eigenvalue weighted by Gasteiger charge is 2.22. The van der Waals surface area contributed by atoms with Crippen LogP contribution in [0.4, 0.5) is 17.1 Å². The van der Waals surface area contributed by atoms with E-state index in [1.807, 2.05) is 0 Å². The smallest absolute Gasteiger partial charge is 0.0561 e. The Balaban J connectivity index is 1.25. The normalized spacial score (nSPS) is 11.3. The van der Waals surface area contributed by atoms with E-state index in [0.29, 0.717) is 0 Å². The summed E-state index contributed by atoms with van der Waals surface area (Å²) in [5.41, 5.74) is 14.0. The molecule has 1 heterocycles. The summed E-state index contributed by atoms with van der Waals surface area (Å²) in [6, 6.07) is 78.9. The fourth-order valence-corrected chi connectivity index (χ4v) is 8.12. The number of benzene rings is 9. The number of para-hydroxylation sites is 2. The van der Waals surface area contributed by atoms with E-state index in [1.54, 1.807) is 0 Å². The highest BCUT2D eigenvalue weighted by Crippen LogP contribution is 2.45. The van der Waals surface area contributed by atoms with Gasteiger partial charge >= 0.3 is 0 Å². The van der Waals surface area contributed by atoms with E-state index in [9.17, 15) is 0 Å². The third-order valence-electron chi connectivity index (χ3n) is 10.6. The maximum absolute atomic E-state index is 2.44. The van der Waals surface area contributed by atoms with Crippen molar-refractivity contribution in [3.05, 3.63) is 218 Å². The molecule has 0 aliphatic carbocycles. The van der Waals surface area contributed by atoms with Gasteiger partial charge in [-0.15, -0.1) is 0 Å². The van der Waals surface area contributed by atoms with Gasteiger partial charge in [0.25, 0.3) is 0 Å². The first-order chi connectivity index (χ1) is 26.8. The molecule has 10 rings (SSSR count). The van der Waals surface area contributed by atoms with Crippen molar-refractivity contribution in [2.75, 3.05) is 4.90 Å². The lowest BCUT2D eigenvalue weighted by atomic mass is 9.94. The molecule has 0 fully saturated rings. The number of aromatic nitrogens is 1. The van der Waals surface area contributed by atoms with Crippen LogP contribution in [0.3, 0.4) is 0 Å². The highest BCUT2D eigenvalue weighted by atomic mass is 15.1. The Kier molecular flexibility index (Phi) is 7.85. The Hall–Kier alpha value is -7.16. The third-order valence-corrected chi connectivity index (χ3v) is 10.6. The number of anilines is 3. The van der Waals surface area contributed by atoms with Crippen LogP contribution in [0.1, 0.15) is 0 Å². The summed E-state index contributed by atoms with van der Waals surface area (Å²) in [6.07, 6.45) is 0. The molecular weight excluding hydrogens is 653 g/mol. The van der Waals surface area contributed by atoms with Gasteiger partial charge in [0.05, 0.1) is 22.4 Å². The van der Waals surface area contributed by atoms with Gasteiger partial charge < -0.3 is 9.47 Å². The van der Waals surface area contributed by atoms with E-state index in [-0.39, 0.29) is 0 Å². The third kappa shape index (κ3) is 5.44. The molecule has 0 spiro atoms. The number of fused-ring (bicyclic) bond motifs is 4. The van der Waals surface area contributed by atoms with Crippen molar-refractivity contribution in [3.8, 4) is 39.1 Å². The minimum atomic E-state index is 1.09. The van der Waals surface area contributed by atoms with E-state index >= 15 is 0 Å². The standard InChI is InChI=1S/C52H36N2/c1-4-17-37(18-5-1)43-33-31-41(35-48(43)40-21-8-3-9-22-40)54-51-29-15-13-27-46(51)47-34-32-42(36-52(47)54)53(50-30-16-24-39-23-10-11-25-45(39)50)49-28-14-12-26-44(49)38-19-6-2-7-20-38/h1-36H. The molecule has 0 bridgehead atoms. The molecule has 0 unspecified atom stereocenters. The van der Waals surface area contributed by atoms with Crippen molar-refractivity contribution in [1.29, 1.82) is 0 Å². The summed E-state index contributed by atoms with van der Waals surface area (Å²) in [5, 5.41) is 4.86. The van der Waals surface area contributed by atoms with Crippen LogP contribution < -0.4 is 4.90 Å². The molecular formula is C52H36N2. The van der Waals surface area contributed by atoms with Crippen LogP contribution in [0.25, 0.3) is 71.6 Å². The van der Waals surface area contributed by atoms with Gasteiger partial charge in [-0.3, -0.25) is 0 Å². The van der Waals surface area contributed by atoms with Gasteiger partial charge in [-0.25, -0.2) is 0 Å². The Bertz CT molecular complexity index is 2920. The average Bonchev–Trinajstić information content (AvgIpc) is 3.58. The Morgan fingerprint density at radius 1 is 0.315 bits per heavy atom. The zero-order chi connectivity index (χ0) is 35.8. The maximum atomic E-state index is 2.44. The fourth-order valence-electron chi connectivity index (χ4n) is 8.12. The predicted octanol–water partition coefficient (Wildman–Crippen LogP) is 14.4. The van der Waals surface area contributed by atoms with Crippen LogP contribution in [0.5, 0.6) is 0 Å². The van der Waals surface area contributed by atoms with Crippen LogP contribution >= 0.6 is 0 Å². The first-order valence-electron chi connectivity index (χ1n) is 18.5. The molecule has 2 nitrogen and oxygen atoms in total. The topological polar surface area (TPSA) is 8.17 Å². The van der Waals surface area contributed by atoms with E-state index in [2.05, 4.69) is 228 Å². The zero-order valence-corrected chi connectivity index (χ0v) is 29.7. The molecule has 0 amide bonds. The molecule has 0 aliphatic heterocycles. The maximum Gasteiger partial charge on any atom is 0.0561 e. The lowest BCUT2D eigenvalue weighted by molar-refractivity contribution is 1.18.